The van der Waals surface area contributed by atoms with E-state index in [4.69, 9.17) is 4.74 Å². The zero-order valence-corrected chi connectivity index (χ0v) is 9.32. The maximum absolute atomic E-state index is 13.2. The van der Waals surface area contributed by atoms with Crippen LogP contribution in [0.15, 0.2) is 29.9 Å². The molecule has 17 heavy (non-hydrogen) atoms. The lowest BCUT2D eigenvalue weighted by atomic mass is 10.3. The van der Waals surface area contributed by atoms with Gasteiger partial charge in [0.25, 0.3) is 0 Å². The van der Waals surface area contributed by atoms with Gasteiger partial charge < -0.3 is 4.74 Å². The highest BCUT2D eigenvalue weighted by atomic mass is 32.1. The highest BCUT2D eigenvalue weighted by Crippen LogP contribution is 2.23. The Hall–Kier alpha value is -2.02. The van der Waals surface area contributed by atoms with E-state index >= 15 is 0 Å². The topological polar surface area (TPSA) is 65.3 Å². The molecule has 0 unspecified atom stereocenters. The maximum Gasteiger partial charge on any atom is 0.305 e. The lowest BCUT2D eigenvalue weighted by molar-refractivity contribution is -0.387. The molecule has 1 aromatic heterocycles. The Kier molecular flexibility index (Phi) is 3.29. The monoisotopic (exact) mass is 254 g/mol. The van der Waals surface area contributed by atoms with Crippen molar-refractivity contribution in [3.63, 3.8) is 0 Å². The molecule has 0 spiro atoms. The summed E-state index contributed by atoms with van der Waals surface area (Å²) in [6.07, 6.45) is 1.65. The number of rotatable bonds is 4. The first kappa shape index (κ1) is 11.5. The number of aromatic nitrogens is 1. The number of hydrogen-bond donors (Lipinski definition) is 0. The quantitative estimate of drug-likeness (QED) is 0.621. The molecule has 0 atom stereocenters. The van der Waals surface area contributed by atoms with Crippen LogP contribution in [-0.2, 0) is 6.61 Å². The SMILES string of the molecule is O=[N+]([O-])c1ccc(OCc2cncs2)cc1F. The van der Waals surface area contributed by atoms with E-state index in [-0.39, 0.29) is 12.4 Å². The van der Waals surface area contributed by atoms with Crippen LogP contribution in [0.5, 0.6) is 5.75 Å². The second-order valence-corrected chi connectivity index (χ2v) is 4.10. The van der Waals surface area contributed by atoms with Gasteiger partial charge in [-0.25, -0.2) is 0 Å². The smallest absolute Gasteiger partial charge is 0.305 e. The molecule has 0 fully saturated rings. The Morgan fingerprint density at radius 2 is 2.35 bits per heavy atom. The molecule has 0 bridgehead atoms. The number of thiazole rings is 1. The van der Waals surface area contributed by atoms with Crippen LogP contribution in [-0.4, -0.2) is 9.91 Å². The average Bonchev–Trinajstić information content (AvgIpc) is 2.78. The van der Waals surface area contributed by atoms with Crippen LogP contribution in [0, 0.1) is 15.9 Å². The van der Waals surface area contributed by atoms with E-state index in [1.54, 1.807) is 11.7 Å². The van der Waals surface area contributed by atoms with Crippen LogP contribution >= 0.6 is 11.3 Å². The van der Waals surface area contributed by atoms with Crippen LogP contribution in [0.2, 0.25) is 0 Å². The summed E-state index contributed by atoms with van der Waals surface area (Å²) in [7, 11) is 0. The molecule has 1 heterocycles. The van der Waals surface area contributed by atoms with Crippen LogP contribution in [0.3, 0.4) is 0 Å². The van der Waals surface area contributed by atoms with Crippen LogP contribution < -0.4 is 4.74 Å². The van der Waals surface area contributed by atoms with E-state index < -0.39 is 16.4 Å². The molecule has 0 saturated heterocycles. The van der Waals surface area contributed by atoms with E-state index in [0.29, 0.717) is 0 Å². The normalized spacial score (nSPS) is 10.2. The van der Waals surface area contributed by atoms with Crippen molar-refractivity contribution in [1.82, 2.24) is 4.98 Å². The van der Waals surface area contributed by atoms with Gasteiger partial charge in [0.1, 0.15) is 12.4 Å². The molecule has 5 nitrogen and oxygen atoms in total. The summed E-state index contributed by atoms with van der Waals surface area (Å²) >= 11 is 1.42. The number of halogens is 1. The summed E-state index contributed by atoms with van der Waals surface area (Å²) < 4.78 is 18.5. The van der Waals surface area contributed by atoms with Crippen LogP contribution in [0.1, 0.15) is 4.88 Å². The highest BCUT2D eigenvalue weighted by Gasteiger charge is 2.14. The number of nitro groups is 1. The second kappa shape index (κ2) is 4.88. The van der Waals surface area contributed by atoms with E-state index in [1.165, 1.54) is 17.4 Å². The van der Waals surface area contributed by atoms with Gasteiger partial charge in [0, 0.05) is 18.3 Å². The molecule has 0 radical (unpaired) electrons. The van der Waals surface area contributed by atoms with Gasteiger partial charge >= 0.3 is 5.69 Å². The van der Waals surface area contributed by atoms with E-state index in [0.717, 1.165) is 17.0 Å². The number of nitro benzene ring substituents is 1. The molecular formula is C10H7FN2O3S. The highest BCUT2D eigenvalue weighted by molar-refractivity contribution is 7.09. The molecule has 0 aliphatic rings. The van der Waals surface area contributed by atoms with E-state index in [2.05, 4.69) is 4.98 Å². The van der Waals surface area contributed by atoms with Crippen molar-refractivity contribution in [2.75, 3.05) is 0 Å². The summed E-state index contributed by atoms with van der Waals surface area (Å²) in [6.45, 7) is 0.266. The standard InChI is InChI=1S/C10H7FN2O3S/c11-9-3-7(1-2-10(9)13(14)15)16-5-8-4-12-6-17-8/h1-4,6H,5H2. The van der Waals surface area contributed by atoms with E-state index in [1.807, 2.05) is 0 Å². The minimum atomic E-state index is -0.906. The van der Waals surface area contributed by atoms with Crippen molar-refractivity contribution in [2.24, 2.45) is 0 Å². The Bertz CT molecular complexity index is 530. The Morgan fingerprint density at radius 3 is 2.94 bits per heavy atom. The number of hydrogen-bond acceptors (Lipinski definition) is 5. The first-order valence-electron chi connectivity index (χ1n) is 4.61. The molecule has 0 amide bonds. The molecule has 0 saturated carbocycles. The third-order valence-corrected chi connectivity index (χ3v) is 2.73. The number of ether oxygens (including phenoxy) is 1. The van der Waals surface area contributed by atoms with Gasteiger partial charge in [-0.15, -0.1) is 11.3 Å². The van der Waals surface area contributed by atoms with Crippen molar-refractivity contribution < 1.29 is 14.1 Å². The molecule has 0 aliphatic heterocycles. The third-order valence-electron chi connectivity index (χ3n) is 1.98. The van der Waals surface area contributed by atoms with Gasteiger partial charge in [-0.2, -0.15) is 4.39 Å². The summed E-state index contributed by atoms with van der Waals surface area (Å²) in [5.41, 5.74) is 1.10. The van der Waals surface area contributed by atoms with Crippen LogP contribution in [0.4, 0.5) is 10.1 Å². The summed E-state index contributed by atoms with van der Waals surface area (Å²) in [5.74, 6) is -0.654. The van der Waals surface area contributed by atoms with Crippen molar-refractivity contribution in [2.45, 2.75) is 6.61 Å². The summed E-state index contributed by atoms with van der Waals surface area (Å²) in [6, 6.07) is 3.44. The Labute approximate surface area is 99.6 Å². The molecule has 88 valence electrons. The number of nitrogens with zero attached hydrogens (tertiary/aromatic N) is 2. The molecule has 1 aromatic carbocycles. The lowest BCUT2D eigenvalue weighted by Crippen LogP contribution is -1.96. The fourth-order valence-corrected chi connectivity index (χ4v) is 1.70. The molecule has 7 heteroatoms. The zero-order chi connectivity index (χ0) is 12.3. The van der Waals surface area contributed by atoms with E-state index in [9.17, 15) is 14.5 Å². The molecule has 0 aliphatic carbocycles. The average molecular weight is 254 g/mol. The predicted octanol–water partition coefficient (Wildman–Crippen LogP) is 2.77. The third kappa shape index (κ3) is 2.76. The largest absolute Gasteiger partial charge is 0.488 e. The lowest BCUT2D eigenvalue weighted by Gasteiger charge is -2.04. The van der Waals surface area contributed by atoms with Gasteiger partial charge in [0.2, 0.25) is 5.82 Å². The van der Waals surface area contributed by atoms with Crippen molar-refractivity contribution >= 4 is 17.0 Å². The molecule has 0 N–H and O–H groups in total. The Morgan fingerprint density at radius 1 is 1.53 bits per heavy atom. The Balaban J connectivity index is 2.07. The fourth-order valence-electron chi connectivity index (χ4n) is 1.19. The van der Waals surface area contributed by atoms with Gasteiger partial charge in [-0.3, -0.25) is 15.1 Å². The number of benzene rings is 1. The fraction of sp³-hybridized carbons (Fsp3) is 0.100. The summed E-state index contributed by atoms with van der Waals surface area (Å²) in [4.78, 5) is 14.4. The van der Waals surface area contributed by atoms with Crippen molar-refractivity contribution in [3.8, 4) is 5.75 Å². The minimum Gasteiger partial charge on any atom is -0.488 e. The molecule has 2 rings (SSSR count). The van der Waals surface area contributed by atoms with Crippen molar-refractivity contribution in [1.29, 1.82) is 0 Å². The van der Waals surface area contributed by atoms with Gasteiger partial charge in [-0.05, 0) is 6.07 Å². The van der Waals surface area contributed by atoms with Gasteiger partial charge in [0.05, 0.1) is 15.3 Å². The molecular weight excluding hydrogens is 247 g/mol. The van der Waals surface area contributed by atoms with Crippen molar-refractivity contribution in [3.05, 3.63) is 50.7 Å². The van der Waals surface area contributed by atoms with Gasteiger partial charge in [0.15, 0.2) is 0 Å². The summed E-state index contributed by atoms with van der Waals surface area (Å²) in [5, 5.41) is 10.4. The first-order valence-corrected chi connectivity index (χ1v) is 5.49. The molecule has 2 aromatic rings. The second-order valence-electron chi connectivity index (χ2n) is 3.13. The predicted molar refractivity (Wildman–Crippen MR) is 59.5 cm³/mol. The maximum atomic E-state index is 13.2. The van der Waals surface area contributed by atoms with Crippen LogP contribution in [0.25, 0.3) is 0 Å². The zero-order valence-electron chi connectivity index (χ0n) is 8.50. The minimum absolute atomic E-state index is 0.251. The van der Waals surface area contributed by atoms with Gasteiger partial charge in [-0.1, -0.05) is 0 Å². The first-order chi connectivity index (χ1) is 8.16.